The smallest absolute Gasteiger partial charge is 0.277 e. The maximum atomic E-state index is 11.8. The second-order valence-corrected chi connectivity index (χ2v) is 5.96. The lowest BCUT2D eigenvalue weighted by Crippen LogP contribution is -2.24. The fraction of sp³-hybridized carbons (Fsp3) is 0.0476. The van der Waals surface area contributed by atoms with Crippen molar-refractivity contribution in [3.63, 3.8) is 0 Å². The van der Waals surface area contributed by atoms with E-state index in [0.717, 1.165) is 16.7 Å². The molecule has 0 atom stereocenters. The van der Waals surface area contributed by atoms with Gasteiger partial charge in [0.1, 0.15) is 5.75 Å². The lowest BCUT2D eigenvalue weighted by molar-refractivity contribution is -0.123. The minimum Gasteiger partial charge on any atom is -0.484 e. The third kappa shape index (κ3) is 5.19. The molecule has 0 bridgehead atoms. The largest absolute Gasteiger partial charge is 0.484 e. The van der Waals surface area contributed by atoms with Crippen molar-refractivity contribution in [3.05, 3.63) is 89.4 Å². The first kappa shape index (κ1) is 17.7. The molecule has 0 aromatic heterocycles. The summed E-state index contributed by atoms with van der Waals surface area (Å²) in [5, 5.41) is 4.50. The number of hydrogen-bond donors (Lipinski definition) is 1. The number of rotatable bonds is 6. The van der Waals surface area contributed by atoms with Crippen molar-refractivity contribution in [1.82, 2.24) is 5.43 Å². The standard InChI is InChI=1S/C21H17ClN2O2/c22-19-8-4-5-16(13-19)14-23-24-21(25)15-26-20-11-9-18(10-12-20)17-6-2-1-3-7-17/h1-14H,15H2,(H,24,25). The second kappa shape index (κ2) is 8.83. The fourth-order valence-corrected chi connectivity index (χ4v) is 2.52. The van der Waals surface area contributed by atoms with Gasteiger partial charge in [-0.1, -0.05) is 66.2 Å². The van der Waals surface area contributed by atoms with Crippen LogP contribution in [0, 0.1) is 0 Å². The van der Waals surface area contributed by atoms with E-state index in [1.165, 1.54) is 6.21 Å². The number of carbonyl (C=O) groups is 1. The van der Waals surface area contributed by atoms with Gasteiger partial charge in [-0.05, 0) is 41.0 Å². The van der Waals surface area contributed by atoms with Gasteiger partial charge in [0.25, 0.3) is 5.91 Å². The molecule has 0 heterocycles. The molecule has 0 aliphatic heterocycles. The second-order valence-electron chi connectivity index (χ2n) is 5.53. The highest BCUT2D eigenvalue weighted by Gasteiger charge is 2.02. The summed E-state index contributed by atoms with van der Waals surface area (Å²) in [4.78, 5) is 11.8. The van der Waals surface area contributed by atoms with Gasteiger partial charge in [-0.25, -0.2) is 5.43 Å². The van der Waals surface area contributed by atoms with E-state index in [0.29, 0.717) is 10.8 Å². The van der Waals surface area contributed by atoms with E-state index in [1.54, 1.807) is 12.1 Å². The van der Waals surface area contributed by atoms with Crippen molar-refractivity contribution >= 4 is 23.7 Å². The van der Waals surface area contributed by atoms with Crippen LogP contribution in [0.1, 0.15) is 5.56 Å². The van der Waals surface area contributed by atoms with E-state index in [1.807, 2.05) is 66.7 Å². The van der Waals surface area contributed by atoms with Gasteiger partial charge in [0.2, 0.25) is 0 Å². The third-order valence-corrected chi connectivity index (χ3v) is 3.82. The number of amides is 1. The summed E-state index contributed by atoms with van der Waals surface area (Å²) in [5.41, 5.74) is 5.44. The molecule has 3 aromatic rings. The zero-order chi connectivity index (χ0) is 18.2. The topological polar surface area (TPSA) is 50.7 Å². The first-order valence-corrected chi connectivity index (χ1v) is 8.44. The molecule has 0 saturated heterocycles. The quantitative estimate of drug-likeness (QED) is 0.516. The monoisotopic (exact) mass is 364 g/mol. The van der Waals surface area contributed by atoms with Crippen LogP contribution in [0.4, 0.5) is 0 Å². The van der Waals surface area contributed by atoms with Crippen LogP contribution < -0.4 is 10.2 Å². The lowest BCUT2D eigenvalue weighted by Gasteiger charge is -2.06. The Morgan fingerprint density at radius 3 is 2.42 bits per heavy atom. The van der Waals surface area contributed by atoms with Crippen LogP contribution in [0.5, 0.6) is 5.75 Å². The number of nitrogens with one attached hydrogen (secondary N) is 1. The molecule has 3 rings (SSSR count). The van der Waals surface area contributed by atoms with Gasteiger partial charge in [-0.15, -0.1) is 0 Å². The van der Waals surface area contributed by atoms with Crippen LogP contribution in [0.2, 0.25) is 5.02 Å². The highest BCUT2D eigenvalue weighted by atomic mass is 35.5. The van der Waals surface area contributed by atoms with Crippen molar-refractivity contribution in [1.29, 1.82) is 0 Å². The van der Waals surface area contributed by atoms with E-state index in [2.05, 4.69) is 10.5 Å². The van der Waals surface area contributed by atoms with Crippen molar-refractivity contribution in [2.75, 3.05) is 6.61 Å². The molecule has 5 heteroatoms. The Morgan fingerprint density at radius 2 is 1.69 bits per heavy atom. The Labute approximate surface area is 157 Å². The molecule has 0 fully saturated rings. The molecule has 0 spiro atoms. The van der Waals surface area contributed by atoms with Gasteiger partial charge < -0.3 is 4.74 Å². The molecule has 0 radical (unpaired) electrons. The molecule has 0 saturated carbocycles. The van der Waals surface area contributed by atoms with E-state index in [-0.39, 0.29) is 12.5 Å². The van der Waals surface area contributed by atoms with Crippen LogP contribution in [-0.4, -0.2) is 18.7 Å². The number of hydrazone groups is 1. The van der Waals surface area contributed by atoms with Gasteiger partial charge in [0.05, 0.1) is 6.21 Å². The summed E-state index contributed by atoms with van der Waals surface area (Å²) >= 11 is 5.89. The molecule has 0 unspecified atom stereocenters. The maximum absolute atomic E-state index is 11.8. The Balaban J connectivity index is 1.48. The zero-order valence-electron chi connectivity index (χ0n) is 13.9. The van der Waals surface area contributed by atoms with Crippen LogP contribution in [0.3, 0.4) is 0 Å². The van der Waals surface area contributed by atoms with E-state index >= 15 is 0 Å². The predicted molar refractivity (Wildman–Crippen MR) is 105 cm³/mol. The SMILES string of the molecule is O=C(COc1ccc(-c2ccccc2)cc1)NN=Cc1cccc(Cl)c1. The predicted octanol–water partition coefficient (Wildman–Crippen LogP) is 4.54. The molecule has 0 aliphatic rings. The van der Waals surface area contributed by atoms with Crippen molar-refractivity contribution in [2.24, 2.45) is 5.10 Å². The number of benzene rings is 3. The molecule has 4 nitrogen and oxygen atoms in total. The molecular formula is C21H17ClN2O2. The Morgan fingerprint density at radius 1 is 0.962 bits per heavy atom. The van der Waals surface area contributed by atoms with E-state index in [9.17, 15) is 4.79 Å². The number of hydrogen-bond acceptors (Lipinski definition) is 3. The van der Waals surface area contributed by atoms with Gasteiger partial charge >= 0.3 is 0 Å². The molecule has 1 N–H and O–H groups in total. The summed E-state index contributed by atoms with van der Waals surface area (Å²) in [6.07, 6.45) is 1.53. The normalized spacial score (nSPS) is 10.7. The number of ether oxygens (including phenoxy) is 1. The molecule has 1 amide bonds. The highest BCUT2D eigenvalue weighted by Crippen LogP contribution is 2.21. The van der Waals surface area contributed by atoms with Gasteiger partial charge in [-0.3, -0.25) is 4.79 Å². The van der Waals surface area contributed by atoms with Gasteiger partial charge in [0, 0.05) is 5.02 Å². The van der Waals surface area contributed by atoms with Crippen molar-refractivity contribution in [2.45, 2.75) is 0 Å². The summed E-state index contributed by atoms with van der Waals surface area (Å²) < 4.78 is 5.47. The lowest BCUT2D eigenvalue weighted by atomic mass is 10.1. The molecular weight excluding hydrogens is 348 g/mol. The van der Waals surface area contributed by atoms with Crippen LogP contribution in [-0.2, 0) is 4.79 Å². The molecule has 26 heavy (non-hydrogen) atoms. The van der Waals surface area contributed by atoms with Crippen LogP contribution >= 0.6 is 11.6 Å². The summed E-state index contributed by atoms with van der Waals surface area (Å²) in [5.74, 6) is 0.286. The van der Waals surface area contributed by atoms with Crippen LogP contribution in [0.25, 0.3) is 11.1 Å². The fourth-order valence-electron chi connectivity index (χ4n) is 2.32. The third-order valence-electron chi connectivity index (χ3n) is 3.58. The number of halogens is 1. The highest BCUT2D eigenvalue weighted by molar-refractivity contribution is 6.30. The van der Waals surface area contributed by atoms with Crippen molar-refractivity contribution in [3.8, 4) is 16.9 Å². The number of nitrogens with zero attached hydrogens (tertiary/aromatic N) is 1. The van der Waals surface area contributed by atoms with E-state index in [4.69, 9.17) is 16.3 Å². The minimum atomic E-state index is -0.338. The summed E-state index contributed by atoms with van der Waals surface area (Å²) in [6, 6.07) is 24.8. The Kier molecular flexibility index (Phi) is 6.01. The van der Waals surface area contributed by atoms with Crippen molar-refractivity contribution < 1.29 is 9.53 Å². The zero-order valence-corrected chi connectivity index (χ0v) is 14.7. The van der Waals surface area contributed by atoms with Crippen LogP contribution in [0.15, 0.2) is 84.0 Å². The average molecular weight is 365 g/mol. The molecule has 0 aliphatic carbocycles. The van der Waals surface area contributed by atoms with Gasteiger partial charge in [0.15, 0.2) is 6.61 Å². The summed E-state index contributed by atoms with van der Waals surface area (Å²) in [6.45, 7) is -0.114. The first-order valence-electron chi connectivity index (χ1n) is 8.06. The average Bonchev–Trinajstić information content (AvgIpc) is 2.68. The molecule has 130 valence electrons. The Bertz CT molecular complexity index is 893. The Hall–Kier alpha value is -3.11. The summed E-state index contributed by atoms with van der Waals surface area (Å²) in [7, 11) is 0. The minimum absolute atomic E-state index is 0.114. The first-order chi connectivity index (χ1) is 12.7. The molecule has 3 aromatic carbocycles. The van der Waals surface area contributed by atoms with Gasteiger partial charge in [-0.2, -0.15) is 5.10 Å². The maximum Gasteiger partial charge on any atom is 0.277 e. The number of carbonyl (C=O) groups excluding carboxylic acids is 1. The van der Waals surface area contributed by atoms with E-state index < -0.39 is 0 Å².